The number of methoxy groups -OCH3 is 1. The second kappa shape index (κ2) is 12.4. The molecule has 0 saturated heterocycles. The molecule has 0 bridgehead atoms. The van der Waals surface area contributed by atoms with Crippen LogP contribution in [0.5, 0.6) is 11.5 Å². The van der Waals surface area contributed by atoms with Gasteiger partial charge in [-0.3, -0.25) is 25.2 Å². The molecule has 3 amide bonds. The SMILES string of the molecule is CCOc1ccc(C(=O)NNC(=O)C[C@H](NC(=O)c2ccccc2Cl)c2ccccc2)cc1OC. The maximum atomic E-state index is 12.8. The van der Waals surface area contributed by atoms with Gasteiger partial charge in [0.2, 0.25) is 5.91 Å². The van der Waals surface area contributed by atoms with Crippen molar-refractivity contribution in [1.82, 2.24) is 16.2 Å². The number of amides is 3. The maximum Gasteiger partial charge on any atom is 0.269 e. The third kappa shape index (κ3) is 6.97. The van der Waals surface area contributed by atoms with Gasteiger partial charge >= 0.3 is 0 Å². The number of nitrogens with one attached hydrogen (secondary N) is 3. The van der Waals surface area contributed by atoms with Crippen molar-refractivity contribution in [1.29, 1.82) is 0 Å². The van der Waals surface area contributed by atoms with Crippen molar-refractivity contribution in [2.45, 2.75) is 19.4 Å². The molecule has 182 valence electrons. The molecular formula is C26H26ClN3O5. The van der Waals surface area contributed by atoms with Crippen LogP contribution in [0.1, 0.15) is 45.7 Å². The van der Waals surface area contributed by atoms with E-state index in [0.29, 0.717) is 28.7 Å². The number of rotatable bonds is 9. The highest BCUT2D eigenvalue weighted by Crippen LogP contribution is 2.28. The van der Waals surface area contributed by atoms with Gasteiger partial charge in [-0.2, -0.15) is 0 Å². The van der Waals surface area contributed by atoms with E-state index in [1.54, 1.807) is 48.5 Å². The summed E-state index contributed by atoms with van der Waals surface area (Å²) in [7, 11) is 1.47. The van der Waals surface area contributed by atoms with Crippen molar-refractivity contribution in [3.63, 3.8) is 0 Å². The summed E-state index contributed by atoms with van der Waals surface area (Å²) in [6.07, 6.45) is -0.118. The first-order valence-electron chi connectivity index (χ1n) is 10.9. The highest BCUT2D eigenvalue weighted by atomic mass is 35.5. The van der Waals surface area contributed by atoms with Gasteiger partial charge in [-0.15, -0.1) is 0 Å². The molecular weight excluding hydrogens is 470 g/mol. The van der Waals surface area contributed by atoms with E-state index in [4.69, 9.17) is 21.1 Å². The summed E-state index contributed by atoms with van der Waals surface area (Å²) in [5.74, 6) is -0.531. The van der Waals surface area contributed by atoms with Crippen molar-refractivity contribution in [3.05, 3.63) is 94.5 Å². The third-order valence-corrected chi connectivity index (χ3v) is 5.39. The number of carbonyl (C=O) groups excluding carboxylic acids is 3. The van der Waals surface area contributed by atoms with E-state index in [9.17, 15) is 14.4 Å². The average Bonchev–Trinajstić information content (AvgIpc) is 2.88. The fourth-order valence-electron chi connectivity index (χ4n) is 3.34. The van der Waals surface area contributed by atoms with Crippen LogP contribution in [0, 0.1) is 0 Å². The van der Waals surface area contributed by atoms with E-state index in [1.165, 1.54) is 13.2 Å². The first-order chi connectivity index (χ1) is 16.9. The quantitative estimate of drug-likeness (QED) is 0.388. The summed E-state index contributed by atoms with van der Waals surface area (Å²) in [5, 5.41) is 3.15. The molecule has 0 aliphatic heterocycles. The number of carbonyl (C=O) groups is 3. The smallest absolute Gasteiger partial charge is 0.269 e. The summed E-state index contributed by atoms with van der Waals surface area (Å²) in [6, 6.07) is 19.8. The molecule has 3 rings (SSSR count). The second-order valence-corrected chi connectivity index (χ2v) is 7.83. The second-order valence-electron chi connectivity index (χ2n) is 7.42. The van der Waals surface area contributed by atoms with Gasteiger partial charge in [0.05, 0.1) is 36.8 Å². The monoisotopic (exact) mass is 495 g/mol. The van der Waals surface area contributed by atoms with Crippen LogP contribution < -0.4 is 25.6 Å². The van der Waals surface area contributed by atoms with Gasteiger partial charge in [0, 0.05) is 5.56 Å². The lowest BCUT2D eigenvalue weighted by Crippen LogP contribution is -2.43. The van der Waals surface area contributed by atoms with Gasteiger partial charge in [0.15, 0.2) is 11.5 Å². The van der Waals surface area contributed by atoms with Crippen LogP contribution in [-0.2, 0) is 4.79 Å². The van der Waals surface area contributed by atoms with E-state index in [1.807, 2.05) is 25.1 Å². The van der Waals surface area contributed by atoms with Crippen LogP contribution in [0.25, 0.3) is 0 Å². The predicted molar refractivity (Wildman–Crippen MR) is 132 cm³/mol. The topological polar surface area (TPSA) is 106 Å². The van der Waals surface area contributed by atoms with Crippen molar-refractivity contribution in [2.75, 3.05) is 13.7 Å². The van der Waals surface area contributed by atoms with Crippen LogP contribution in [0.2, 0.25) is 5.02 Å². The number of ether oxygens (including phenoxy) is 2. The largest absolute Gasteiger partial charge is 0.493 e. The minimum atomic E-state index is -0.651. The highest BCUT2D eigenvalue weighted by Gasteiger charge is 2.21. The van der Waals surface area contributed by atoms with Crippen molar-refractivity contribution in [2.24, 2.45) is 0 Å². The molecule has 3 N–H and O–H groups in total. The molecule has 0 heterocycles. The minimum Gasteiger partial charge on any atom is -0.493 e. The molecule has 3 aromatic rings. The van der Waals surface area contributed by atoms with Gasteiger partial charge in [0.25, 0.3) is 11.8 Å². The maximum absolute atomic E-state index is 12.8. The Hall–Kier alpha value is -4.04. The standard InChI is InChI=1S/C26H26ClN3O5/c1-3-35-22-14-13-18(15-23(22)34-2)25(32)30-29-24(31)16-21(17-9-5-4-6-10-17)28-26(33)19-11-7-8-12-20(19)27/h4-15,21H,3,16H2,1-2H3,(H,28,33)(H,29,31)(H,30,32)/t21-/m0/s1. The normalized spacial score (nSPS) is 11.2. The highest BCUT2D eigenvalue weighted by molar-refractivity contribution is 6.33. The molecule has 8 nitrogen and oxygen atoms in total. The summed E-state index contributed by atoms with van der Waals surface area (Å²) in [4.78, 5) is 38.0. The Kier molecular flexibility index (Phi) is 9.09. The first-order valence-corrected chi connectivity index (χ1v) is 11.3. The Labute approximate surface area is 208 Å². The molecule has 0 unspecified atom stereocenters. The van der Waals surface area contributed by atoms with Gasteiger partial charge in [-0.05, 0) is 42.8 Å². The van der Waals surface area contributed by atoms with Gasteiger partial charge < -0.3 is 14.8 Å². The Morgan fingerprint density at radius 1 is 0.886 bits per heavy atom. The third-order valence-electron chi connectivity index (χ3n) is 5.06. The number of hydrogen-bond acceptors (Lipinski definition) is 5. The van der Waals surface area contributed by atoms with Crippen LogP contribution in [0.4, 0.5) is 0 Å². The molecule has 0 radical (unpaired) electrons. The molecule has 35 heavy (non-hydrogen) atoms. The number of halogens is 1. The fraction of sp³-hybridized carbons (Fsp3) is 0.192. The van der Waals surface area contributed by atoms with E-state index in [0.717, 1.165) is 5.56 Å². The van der Waals surface area contributed by atoms with Crippen molar-refractivity contribution in [3.8, 4) is 11.5 Å². The average molecular weight is 496 g/mol. The van der Waals surface area contributed by atoms with Gasteiger partial charge in [-0.25, -0.2) is 0 Å². The van der Waals surface area contributed by atoms with Crippen molar-refractivity contribution >= 4 is 29.3 Å². The summed E-state index contributed by atoms with van der Waals surface area (Å²) < 4.78 is 10.7. The lowest BCUT2D eigenvalue weighted by Gasteiger charge is -2.19. The molecule has 3 aromatic carbocycles. The zero-order valence-corrected chi connectivity index (χ0v) is 20.1. The Balaban J connectivity index is 1.66. The van der Waals surface area contributed by atoms with Crippen LogP contribution >= 0.6 is 11.6 Å². The van der Waals surface area contributed by atoms with E-state index in [-0.39, 0.29) is 12.0 Å². The summed E-state index contributed by atoms with van der Waals surface area (Å²) in [6.45, 7) is 2.29. The molecule has 0 aliphatic rings. The fourth-order valence-corrected chi connectivity index (χ4v) is 3.56. The van der Waals surface area contributed by atoms with Crippen LogP contribution in [0.3, 0.4) is 0 Å². The Morgan fingerprint density at radius 2 is 1.60 bits per heavy atom. The van der Waals surface area contributed by atoms with Gasteiger partial charge in [-0.1, -0.05) is 54.1 Å². The molecule has 0 fully saturated rings. The van der Waals surface area contributed by atoms with E-state index >= 15 is 0 Å². The molecule has 0 aromatic heterocycles. The number of hydrazine groups is 1. The van der Waals surface area contributed by atoms with Gasteiger partial charge in [0.1, 0.15) is 0 Å². The zero-order chi connectivity index (χ0) is 25.2. The molecule has 0 spiro atoms. The molecule has 0 saturated carbocycles. The molecule has 1 atom stereocenters. The van der Waals surface area contributed by atoms with Crippen molar-refractivity contribution < 1.29 is 23.9 Å². The van der Waals surface area contributed by atoms with E-state index < -0.39 is 23.8 Å². The summed E-state index contributed by atoms with van der Waals surface area (Å²) in [5.41, 5.74) is 6.08. The van der Waals surface area contributed by atoms with Crippen LogP contribution in [0.15, 0.2) is 72.8 Å². The minimum absolute atomic E-state index is 0.118. The predicted octanol–water partition coefficient (Wildman–Crippen LogP) is 4.07. The Morgan fingerprint density at radius 3 is 2.29 bits per heavy atom. The summed E-state index contributed by atoms with van der Waals surface area (Å²) >= 11 is 6.14. The zero-order valence-electron chi connectivity index (χ0n) is 19.3. The van der Waals surface area contributed by atoms with Crippen LogP contribution in [-0.4, -0.2) is 31.4 Å². The molecule has 9 heteroatoms. The first kappa shape index (κ1) is 25.6. The number of hydrogen-bond donors (Lipinski definition) is 3. The Bertz CT molecular complexity index is 1190. The van der Waals surface area contributed by atoms with E-state index in [2.05, 4.69) is 16.2 Å². The molecule has 0 aliphatic carbocycles. The lowest BCUT2D eigenvalue weighted by atomic mass is 10.0. The lowest BCUT2D eigenvalue weighted by molar-refractivity contribution is -0.122. The number of benzene rings is 3.